The molecule has 11 atom stereocenters. The molecule has 4 nitrogen and oxygen atoms in total. The quantitative estimate of drug-likeness (QED) is 0.496. The van der Waals surface area contributed by atoms with Crippen molar-refractivity contribution in [3.63, 3.8) is 0 Å². The number of rotatable bonds is 6. The molecule has 1 N–H and O–H groups in total. The minimum Gasteiger partial charge on any atom is -0.393 e. The number of fused-ring (bicyclic) bond motifs is 7. The number of methoxy groups -OCH3 is 2. The van der Waals surface area contributed by atoms with Crippen LogP contribution in [0.2, 0.25) is 0 Å². The van der Waals surface area contributed by atoms with Gasteiger partial charge < -0.3 is 19.3 Å². The van der Waals surface area contributed by atoms with Gasteiger partial charge in [-0.2, -0.15) is 0 Å². The second-order valence-electron chi connectivity index (χ2n) is 13.0. The van der Waals surface area contributed by atoms with Crippen LogP contribution < -0.4 is 0 Å². The highest BCUT2D eigenvalue weighted by molar-refractivity contribution is 5.26. The maximum atomic E-state index is 10.3. The first-order chi connectivity index (χ1) is 15.7. The third-order valence-electron chi connectivity index (χ3n) is 11.5. The van der Waals surface area contributed by atoms with E-state index in [1.165, 1.54) is 25.7 Å². The van der Waals surface area contributed by atoms with E-state index in [1.54, 1.807) is 12.7 Å². The van der Waals surface area contributed by atoms with Crippen LogP contribution in [0.25, 0.3) is 0 Å². The number of aliphatic hydroxyl groups is 1. The van der Waals surface area contributed by atoms with Crippen molar-refractivity contribution in [2.24, 2.45) is 46.3 Å². The molecule has 188 valence electrons. The van der Waals surface area contributed by atoms with Crippen LogP contribution >= 0.6 is 0 Å². The summed E-state index contributed by atoms with van der Waals surface area (Å²) in [4.78, 5) is 0. The number of allylic oxidation sites excluding steroid dienone is 1. The molecule has 0 radical (unpaired) electrons. The summed E-state index contributed by atoms with van der Waals surface area (Å²) >= 11 is 0. The van der Waals surface area contributed by atoms with E-state index in [0.717, 1.165) is 56.5 Å². The number of hydrogen-bond acceptors (Lipinski definition) is 4. The lowest BCUT2D eigenvalue weighted by Gasteiger charge is -2.58. The second kappa shape index (κ2) is 8.61. The molecule has 5 rings (SSSR count). The third-order valence-corrected chi connectivity index (χ3v) is 11.5. The van der Waals surface area contributed by atoms with Gasteiger partial charge in [-0.05, 0) is 91.8 Å². The van der Waals surface area contributed by atoms with E-state index in [1.807, 2.05) is 7.11 Å². The van der Waals surface area contributed by atoms with Crippen LogP contribution in [0.5, 0.6) is 0 Å². The lowest BCUT2D eigenvalue weighted by atomic mass is 9.47. The molecule has 33 heavy (non-hydrogen) atoms. The van der Waals surface area contributed by atoms with Gasteiger partial charge in [-0.25, -0.2) is 0 Å². The lowest BCUT2D eigenvalue weighted by molar-refractivity contribution is -0.238. The molecule has 0 aromatic heterocycles. The van der Waals surface area contributed by atoms with E-state index in [4.69, 9.17) is 14.2 Å². The third kappa shape index (κ3) is 3.60. The molecule has 4 fully saturated rings. The predicted octanol–water partition coefficient (Wildman–Crippen LogP) is 5.98. The minimum absolute atomic E-state index is 0.122. The molecular formula is C29H48O4. The van der Waals surface area contributed by atoms with Gasteiger partial charge in [0.05, 0.1) is 12.2 Å². The Morgan fingerprint density at radius 1 is 1.18 bits per heavy atom. The van der Waals surface area contributed by atoms with Gasteiger partial charge in [0, 0.05) is 33.2 Å². The van der Waals surface area contributed by atoms with Crippen molar-refractivity contribution < 1.29 is 19.3 Å². The van der Waals surface area contributed by atoms with Crippen LogP contribution in [-0.2, 0) is 14.2 Å². The molecule has 0 amide bonds. The van der Waals surface area contributed by atoms with E-state index < -0.39 is 5.79 Å². The lowest BCUT2D eigenvalue weighted by Crippen LogP contribution is -2.52. The van der Waals surface area contributed by atoms with Gasteiger partial charge in [-0.3, -0.25) is 0 Å². The zero-order valence-electron chi connectivity index (χ0n) is 21.9. The summed E-state index contributed by atoms with van der Waals surface area (Å²) in [5.74, 6) is 3.39. The van der Waals surface area contributed by atoms with Gasteiger partial charge in [0.25, 0.3) is 0 Å². The highest BCUT2D eigenvalue weighted by Crippen LogP contribution is 2.70. The standard InChI is InChI=1S/C29H48O4/c1-18(17-31-5)9-14-29(32-6)19(2)26-25(33-29)16-24-22-8-7-20-15-21(30)10-12-27(20,3)23(22)11-13-28(24,26)4/h7,18-19,21-26,30H,8-17H2,1-6H3. The van der Waals surface area contributed by atoms with E-state index in [2.05, 4.69) is 33.8 Å². The molecule has 1 heterocycles. The van der Waals surface area contributed by atoms with Crippen molar-refractivity contribution in [3.8, 4) is 0 Å². The van der Waals surface area contributed by atoms with Gasteiger partial charge >= 0.3 is 0 Å². The second-order valence-corrected chi connectivity index (χ2v) is 13.0. The van der Waals surface area contributed by atoms with Crippen molar-refractivity contribution in [3.05, 3.63) is 11.6 Å². The Kier molecular flexibility index (Phi) is 6.33. The topological polar surface area (TPSA) is 47.9 Å². The van der Waals surface area contributed by atoms with Crippen LogP contribution in [0, 0.1) is 46.3 Å². The van der Waals surface area contributed by atoms with Crippen LogP contribution in [0.4, 0.5) is 0 Å². The average molecular weight is 461 g/mol. The fourth-order valence-corrected chi connectivity index (χ4v) is 9.76. The molecule has 5 aliphatic rings. The monoisotopic (exact) mass is 460 g/mol. The Bertz CT molecular complexity index is 765. The van der Waals surface area contributed by atoms with Crippen molar-refractivity contribution in [1.82, 2.24) is 0 Å². The zero-order valence-corrected chi connectivity index (χ0v) is 21.9. The predicted molar refractivity (Wildman–Crippen MR) is 131 cm³/mol. The summed E-state index contributed by atoms with van der Waals surface area (Å²) in [5.41, 5.74) is 2.22. The zero-order chi connectivity index (χ0) is 23.6. The Morgan fingerprint density at radius 2 is 1.97 bits per heavy atom. The number of hydrogen-bond donors (Lipinski definition) is 1. The van der Waals surface area contributed by atoms with Crippen LogP contribution in [0.15, 0.2) is 11.6 Å². The SMILES string of the molecule is COCC(C)CCC1(OC)OC2CC3C4CC=C5CC(O)CCC5(C)C4CCC3(C)C2C1C. The van der Waals surface area contributed by atoms with Crippen molar-refractivity contribution >= 4 is 0 Å². The van der Waals surface area contributed by atoms with Gasteiger partial charge in [-0.1, -0.05) is 39.3 Å². The van der Waals surface area contributed by atoms with Crippen molar-refractivity contribution in [1.29, 1.82) is 0 Å². The van der Waals surface area contributed by atoms with Crippen molar-refractivity contribution in [2.45, 2.75) is 103 Å². The van der Waals surface area contributed by atoms with Crippen molar-refractivity contribution in [2.75, 3.05) is 20.8 Å². The smallest absolute Gasteiger partial charge is 0.171 e. The summed E-state index contributed by atoms with van der Waals surface area (Å²) < 4.78 is 18.5. The minimum atomic E-state index is -0.437. The van der Waals surface area contributed by atoms with Gasteiger partial charge in [0.2, 0.25) is 0 Å². The molecule has 3 saturated carbocycles. The molecule has 1 aliphatic heterocycles. The maximum Gasteiger partial charge on any atom is 0.171 e. The van der Waals surface area contributed by atoms with Gasteiger partial charge in [-0.15, -0.1) is 0 Å². The number of aliphatic hydroxyl groups excluding tert-OH is 1. The first-order valence-electron chi connectivity index (χ1n) is 13.8. The molecule has 4 aliphatic carbocycles. The molecule has 0 spiro atoms. The van der Waals surface area contributed by atoms with Gasteiger partial charge in [0.1, 0.15) is 0 Å². The summed E-state index contributed by atoms with van der Waals surface area (Å²) in [6.07, 6.45) is 12.9. The Labute approximate surface area is 201 Å². The molecule has 1 saturated heterocycles. The molecule has 0 aromatic carbocycles. The largest absolute Gasteiger partial charge is 0.393 e. The molecule has 0 aromatic rings. The summed E-state index contributed by atoms with van der Waals surface area (Å²) in [6.45, 7) is 10.6. The molecule has 0 bridgehead atoms. The summed E-state index contributed by atoms with van der Waals surface area (Å²) in [6, 6.07) is 0. The Morgan fingerprint density at radius 3 is 2.70 bits per heavy atom. The summed E-state index contributed by atoms with van der Waals surface area (Å²) in [7, 11) is 3.65. The average Bonchev–Trinajstić information content (AvgIpc) is 3.24. The molecule has 4 heteroatoms. The Balaban J connectivity index is 1.36. The van der Waals surface area contributed by atoms with Crippen LogP contribution in [-0.4, -0.2) is 43.9 Å². The molecule has 11 unspecified atom stereocenters. The highest BCUT2D eigenvalue weighted by Gasteiger charge is 2.68. The van der Waals surface area contributed by atoms with E-state index in [9.17, 15) is 5.11 Å². The van der Waals surface area contributed by atoms with E-state index in [0.29, 0.717) is 34.7 Å². The first-order valence-corrected chi connectivity index (χ1v) is 13.8. The molecular weight excluding hydrogens is 412 g/mol. The maximum absolute atomic E-state index is 10.3. The van der Waals surface area contributed by atoms with Gasteiger partial charge in [0.15, 0.2) is 5.79 Å². The normalized spacial score (nSPS) is 51.8. The van der Waals surface area contributed by atoms with E-state index >= 15 is 0 Å². The van der Waals surface area contributed by atoms with Crippen LogP contribution in [0.1, 0.15) is 85.5 Å². The fourth-order valence-electron chi connectivity index (χ4n) is 9.76. The Hall–Kier alpha value is -0.420. The fraction of sp³-hybridized carbons (Fsp3) is 0.931. The van der Waals surface area contributed by atoms with Crippen LogP contribution in [0.3, 0.4) is 0 Å². The number of ether oxygens (including phenoxy) is 3. The summed E-state index contributed by atoms with van der Waals surface area (Å²) in [5, 5.41) is 10.3. The highest BCUT2D eigenvalue weighted by atomic mass is 16.7. The van der Waals surface area contributed by atoms with E-state index in [-0.39, 0.29) is 6.10 Å². The first kappa shape index (κ1) is 24.3.